The molecule has 5 heteroatoms. The number of nitrogens with one attached hydrogen (secondary N) is 1. The van der Waals surface area contributed by atoms with Crippen LogP contribution in [0.4, 0.5) is 0 Å². The van der Waals surface area contributed by atoms with Gasteiger partial charge in [0.15, 0.2) is 5.96 Å². The standard InChI is InChI=1S/C14H27N5/c1-17-5-4-12(17)9-19-10-13(19)8-11-2-6-18(7-3-11)14(15)16/h11-13H,2-10H2,1H3,(H3,15,16). The molecule has 5 nitrogen and oxygen atoms in total. The largest absolute Gasteiger partial charge is 0.370 e. The highest BCUT2D eigenvalue weighted by molar-refractivity contribution is 5.74. The normalized spacial score (nSPS) is 36.1. The van der Waals surface area contributed by atoms with E-state index in [1.165, 1.54) is 45.3 Å². The fourth-order valence-electron chi connectivity index (χ4n) is 3.54. The molecule has 3 rings (SSSR count). The summed E-state index contributed by atoms with van der Waals surface area (Å²) in [5, 5.41) is 7.46. The van der Waals surface area contributed by atoms with Crippen molar-refractivity contribution in [3.63, 3.8) is 0 Å². The lowest BCUT2D eigenvalue weighted by Crippen LogP contribution is -2.48. The Morgan fingerprint density at radius 1 is 1.16 bits per heavy atom. The second kappa shape index (κ2) is 5.29. The fraction of sp³-hybridized carbons (Fsp3) is 0.929. The van der Waals surface area contributed by atoms with Crippen molar-refractivity contribution in [3.05, 3.63) is 0 Å². The highest BCUT2D eigenvalue weighted by Crippen LogP contribution is 2.31. The van der Waals surface area contributed by atoms with Gasteiger partial charge in [-0.15, -0.1) is 0 Å². The van der Waals surface area contributed by atoms with Gasteiger partial charge in [0.2, 0.25) is 0 Å². The van der Waals surface area contributed by atoms with Gasteiger partial charge in [-0.25, -0.2) is 0 Å². The van der Waals surface area contributed by atoms with Crippen LogP contribution >= 0.6 is 0 Å². The van der Waals surface area contributed by atoms with E-state index in [-0.39, 0.29) is 5.96 Å². The molecule has 3 N–H and O–H groups in total. The second-order valence-corrected chi connectivity index (χ2v) is 6.58. The van der Waals surface area contributed by atoms with Crippen LogP contribution in [0.2, 0.25) is 0 Å². The minimum Gasteiger partial charge on any atom is -0.370 e. The maximum Gasteiger partial charge on any atom is 0.188 e. The number of nitrogens with zero attached hydrogens (tertiary/aromatic N) is 3. The van der Waals surface area contributed by atoms with Crippen LogP contribution in [0.1, 0.15) is 25.7 Å². The third kappa shape index (κ3) is 3.03. The SMILES string of the molecule is CN1CCC1CN1CC1CC1CCN(C(=N)N)CC1. The Bertz CT molecular complexity index is 337. The van der Waals surface area contributed by atoms with E-state index in [4.69, 9.17) is 11.1 Å². The summed E-state index contributed by atoms with van der Waals surface area (Å²) >= 11 is 0. The Morgan fingerprint density at radius 3 is 2.42 bits per heavy atom. The van der Waals surface area contributed by atoms with Crippen molar-refractivity contribution < 1.29 is 0 Å². The number of hydrogen-bond donors (Lipinski definition) is 2. The molecule has 3 unspecified atom stereocenters. The molecule has 0 aromatic heterocycles. The molecule has 0 aliphatic carbocycles. The molecule has 0 aromatic rings. The summed E-state index contributed by atoms with van der Waals surface area (Å²) in [7, 11) is 2.24. The zero-order chi connectivity index (χ0) is 13.4. The van der Waals surface area contributed by atoms with Crippen molar-refractivity contribution in [2.24, 2.45) is 11.7 Å². The van der Waals surface area contributed by atoms with Crippen molar-refractivity contribution in [1.29, 1.82) is 5.41 Å². The van der Waals surface area contributed by atoms with Gasteiger partial charge in [-0.3, -0.25) is 10.3 Å². The first kappa shape index (κ1) is 13.2. The molecule has 108 valence electrons. The van der Waals surface area contributed by atoms with Crippen molar-refractivity contribution in [2.75, 3.05) is 39.8 Å². The van der Waals surface area contributed by atoms with Gasteiger partial charge in [-0.05, 0) is 45.2 Å². The van der Waals surface area contributed by atoms with Crippen LogP contribution in [0.25, 0.3) is 0 Å². The lowest BCUT2D eigenvalue weighted by molar-refractivity contribution is 0.108. The molecule has 0 bridgehead atoms. The van der Waals surface area contributed by atoms with Crippen LogP contribution in [0.5, 0.6) is 0 Å². The molecule has 0 radical (unpaired) electrons. The molecule has 3 aliphatic heterocycles. The van der Waals surface area contributed by atoms with Gasteiger partial charge >= 0.3 is 0 Å². The summed E-state index contributed by atoms with van der Waals surface area (Å²) in [6.45, 7) is 5.85. The Labute approximate surface area is 116 Å². The van der Waals surface area contributed by atoms with Crippen molar-refractivity contribution >= 4 is 5.96 Å². The smallest absolute Gasteiger partial charge is 0.188 e. The van der Waals surface area contributed by atoms with Crippen LogP contribution in [0.3, 0.4) is 0 Å². The Morgan fingerprint density at radius 2 is 1.89 bits per heavy atom. The maximum absolute atomic E-state index is 7.46. The van der Waals surface area contributed by atoms with Crippen molar-refractivity contribution in [3.8, 4) is 0 Å². The van der Waals surface area contributed by atoms with Crippen molar-refractivity contribution in [1.82, 2.24) is 14.7 Å². The van der Waals surface area contributed by atoms with Gasteiger partial charge in [0.05, 0.1) is 0 Å². The third-order valence-corrected chi connectivity index (χ3v) is 5.27. The first-order chi connectivity index (χ1) is 9.13. The summed E-state index contributed by atoms with van der Waals surface area (Å²) in [5.41, 5.74) is 5.53. The van der Waals surface area contributed by atoms with E-state index in [1.807, 2.05) is 4.90 Å². The van der Waals surface area contributed by atoms with Gasteiger partial charge < -0.3 is 15.5 Å². The Kier molecular flexibility index (Phi) is 3.67. The number of likely N-dealkylation sites (N-methyl/N-ethyl adjacent to an activating group) is 1. The van der Waals surface area contributed by atoms with Gasteiger partial charge in [-0.2, -0.15) is 0 Å². The minimum absolute atomic E-state index is 0.250. The molecule has 3 fully saturated rings. The molecular formula is C14H27N5. The number of piperidine rings is 1. The minimum atomic E-state index is 0.250. The zero-order valence-electron chi connectivity index (χ0n) is 12.0. The quantitative estimate of drug-likeness (QED) is 0.438. The van der Waals surface area contributed by atoms with E-state index in [9.17, 15) is 0 Å². The van der Waals surface area contributed by atoms with Crippen LogP contribution in [0.15, 0.2) is 0 Å². The number of rotatable bonds is 4. The molecule has 0 amide bonds. The number of guanidine groups is 1. The molecule has 3 heterocycles. The Balaban J connectivity index is 1.34. The van der Waals surface area contributed by atoms with E-state index < -0.39 is 0 Å². The lowest BCUT2D eigenvalue weighted by Gasteiger charge is -2.38. The fourth-order valence-corrected chi connectivity index (χ4v) is 3.54. The van der Waals surface area contributed by atoms with Crippen LogP contribution < -0.4 is 5.73 Å². The van der Waals surface area contributed by atoms with Crippen molar-refractivity contribution in [2.45, 2.75) is 37.8 Å². The van der Waals surface area contributed by atoms with Gasteiger partial charge in [0.25, 0.3) is 0 Å². The molecule has 0 spiro atoms. The average Bonchev–Trinajstić information content (AvgIpc) is 3.13. The van der Waals surface area contributed by atoms with E-state index in [0.29, 0.717) is 0 Å². The summed E-state index contributed by atoms with van der Waals surface area (Å²) in [4.78, 5) is 7.13. The Hall–Kier alpha value is -0.810. The average molecular weight is 265 g/mol. The topological polar surface area (TPSA) is 59.4 Å². The molecule has 0 saturated carbocycles. The molecule has 3 atom stereocenters. The highest BCUT2D eigenvalue weighted by atomic mass is 15.3. The zero-order valence-corrected chi connectivity index (χ0v) is 12.0. The molecule has 19 heavy (non-hydrogen) atoms. The first-order valence-corrected chi connectivity index (χ1v) is 7.66. The van der Waals surface area contributed by atoms with Crippen LogP contribution in [-0.2, 0) is 0 Å². The summed E-state index contributed by atoms with van der Waals surface area (Å²) in [5.74, 6) is 1.10. The van der Waals surface area contributed by atoms with E-state index >= 15 is 0 Å². The van der Waals surface area contributed by atoms with E-state index in [1.54, 1.807) is 0 Å². The summed E-state index contributed by atoms with van der Waals surface area (Å²) in [6, 6.07) is 1.67. The van der Waals surface area contributed by atoms with Gasteiger partial charge in [-0.1, -0.05) is 0 Å². The molecule has 3 aliphatic rings. The van der Waals surface area contributed by atoms with Gasteiger partial charge in [0, 0.05) is 38.3 Å². The lowest BCUT2D eigenvalue weighted by atomic mass is 9.92. The highest BCUT2D eigenvalue weighted by Gasteiger charge is 2.39. The molecular weight excluding hydrogens is 238 g/mol. The maximum atomic E-state index is 7.46. The molecule has 0 aromatic carbocycles. The first-order valence-electron chi connectivity index (χ1n) is 7.66. The van der Waals surface area contributed by atoms with Crippen LogP contribution in [0, 0.1) is 11.3 Å². The monoisotopic (exact) mass is 265 g/mol. The van der Waals surface area contributed by atoms with Crippen LogP contribution in [-0.4, -0.2) is 72.5 Å². The van der Waals surface area contributed by atoms with Gasteiger partial charge in [0.1, 0.15) is 0 Å². The van der Waals surface area contributed by atoms with E-state index in [0.717, 1.165) is 31.1 Å². The molecule has 3 saturated heterocycles. The van der Waals surface area contributed by atoms with E-state index in [2.05, 4.69) is 16.8 Å². The summed E-state index contributed by atoms with van der Waals surface area (Å²) < 4.78 is 0. The summed E-state index contributed by atoms with van der Waals surface area (Å²) in [6.07, 6.45) is 5.18. The number of likely N-dealkylation sites (tertiary alicyclic amines) is 2. The third-order valence-electron chi connectivity index (χ3n) is 5.27. The number of hydrogen-bond acceptors (Lipinski definition) is 3. The number of nitrogens with two attached hydrogens (primary N) is 1. The second-order valence-electron chi connectivity index (χ2n) is 6.58. The predicted molar refractivity (Wildman–Crippen MR) is 77.2 cm³/mol. The predicted octanol–water partition coefficient (Wildman–Crippen LogP) is 0.370.